The average Bonchev–Trinajstić information content (AvgIpc) is 3.44. The summed E-state index contributed by atoms with van der Waals surface area (Å²) in [7, 11) is 4.11. The van der Waals surface area contributed by atoms with Gasteiger partial charge in [-0.15, -0.1) is 25.7 Å². The predicted molar refractivity (Wildman–Crippen MR) is 149 cm³/mol. The zero-order chi connectivity index (χ0) is 26.0. The van der Waals surface area contributed by atoms with E-state index in [2.05, 4.69) is 31.7 Å². The summed E-state index contributed by atoms with van der Waals surface area (Å²) in [5, 5.41) is 9.84. The Kier molecular flexibility index (Phi) is 8.15. The zero-order valence-electron chi connectivity index (χ0n) is 21.2. The van der Waals surface area contributed by atoms with Crippen LogP contribution in [0.3, 0.4) is 0 Å². The molecule has 2 aromatic heterocycles. The molecule has 6 nitrogen and oxygen atoms in total. The lowest BCUT2D eigenvalue weighted by Gasteiger charge is -2.32. The summed E-state index contributed by atoms with van der Waals surface area (Å²) in [6, 6.07) is 14.3. The van der Waals surface area contributed by atoms with E-state index in [-0.39, 0.29) is 11.9 Å². The lowest BCUT2D eigenvalue weighted by Crippen LogP contribution is -2.33. The Balaban J connectivity index is 1.69. The van der Waals surface area contributed by atoms with Crippen LogP contribution in [0.5, 0.6) is 0 Å². The number of esters is 1. The number of hydrogen-bond donors (Lipinski definition) is 0. The van der Waals surface area contributed by atoms with Crippen LogP contribution in [0.2, 0.25) is 4.34 Å². The number of hydrogen-bond acceptors (Lipinski definition) is 6. The highest BCUT2D eigenvalue weighted by Crippen LogP contribution is 2.48. The third kappa shape index (κ3) is 5.21. The molecule has 0 spiro atoms. The van der Waals surface area contributed by atoms with Crippen LogP contribution in [-0.2, 0) is 34.0 Å². The molecule has 0 radical (unpaired) electrons. The molecule has 36 heavy (non-hydrogen) atoms. The second-order valence-electron chi connectivity index (χ2n) is 9.38. The van der Waals surface area contributed by atoms with E-state index in [4.69, 9.17) is 21.1 Å². The van der Waals surface area contributed by atoms with Crippen molar-refractivity contribution in [1.29, 1.82) is 0 Å². The van der Waals surface area contributed by atoms with Gasteiger partial charge in [0.05, 0.1) is 35.6 Å². The smallest absolute Gasteiger partial charge is 0.312 e. The van der Waals surface area contributed by atoms with Gasteiger partial charge in [0, 0.05) is 22.9 Å². The Hall–Kier alpha value is -2.31. The Labute approximate surface area is 223 Å². The minimum absolute atomic E-state index is 0.285. The van der Waals surface area contributed by atoms with Gasteiger partial charge >= 0.3 is 5.97 Å². The molecule has 2 atom stereocenters. The Bertz CT molecular complexity index is 1380. The number of carbonyl (C=O) groups is 1. The molecule has 2 aromatic carbocycles. The highest BCUT2D eigenvalue weighted by molar-refractivity contribution is 7.27. The zero-order valence-corrected chi connectivity index (χ0v) is 23.9. The van der Waals surface area contributed by atoms with Crippen LogP contribution >= 0.6 is 32.2 Å². The Morgan fingerprint density at radius 1 is 1.19 bits per heavy atom. The van der Waals surface area contributed by atoms with Gasteiger partial charge in [-0.25, -0.2) is 4.68 Å². The predicted octanol–water partition coefficient (Wildman–Crippen LogP) is 6.02. The maximum Gasteiger partial charge on any atom is 0.312 e. The normalized spacial score (nSPS) is 12.8. The van der Waals surface area contributed by atoms with Crippen LogP contribution in [0.4, 0.5) is 0 Å². The minimum Gasteiger partial charge on any atom is -0.469 e. The maximum atomic E-state index is 13.0. The molecule has 0 saturated heterocycles. The molecule has 9 heteroatoms. The van der Waals surface area contributed by atoms with E-state index in [1.165, 1.54) is 18.4 Å². The van der Waals surface area contributed by atoms with Gasteiger partial charge in [0.1, 0.15) is 5.52 Å². The van der Waals surface area contributed by atoms with Crippen LogP contribution in [-0.4, -0.2) is 28.1 Å². The van der Waals surface area contributed by atoms with Crippen molar-refractivity contribution in [3.05, 3.63) is 73.9 Å². The molecule has 0 aliphatic carbocycles. The number of thiophene rings is 1. The number of fused-ring (bicyclic) bond motifs is 1. The van der Waals surface area contributed by atoms with Crippen molar-refractivity contribution < 1.29 is 14.3 Å². The summed E-state index contributed by atoms with van der Waals surface area (Å²) in [5.74, 6) is -0.573. The fourth-order valence-electron chi connectivity index (χ4n) is 4.57. The minimum atomic E-state index is -0.847. The Morgan fingerprint density at radius 2 is 1.92 bits per heavy atom. The van der Waals surface area contributed by atoms with Crippen LogP contribution < -0.4 is 5.30 Å². The van der Waals surface area contributed by atoms with Crippen LogP contribution in [0.25, 0.3) is 11.0 Å². The number of aryl methyl sites for hydroxylation is 2. The van der Waals surface area contributed by atoms with Crippen LogP contribution in [0, 0.1) is 12.3 Å². The van der Waals surface area contributed by atoms with Gasteiger partial charge in [0.2, 0.25) is 0 Å². The van der Waals surface area contributed by atoms with Crippen molar-refractivity contribution in [2.45, 2.75) is 53.4 Å². The van der Waals surface area contributed by atoms with Gasteiger partial charge in [0.25, 0.3) is 0 Å². The summed E-state index contributed by atoms with van der Waals surface area (Å²) in [5.41, 5.74) is 4.96. The molecule has 0 fully saturated rings. The molecule has 0 N–H and O–H groups in total. The van der Waals surface area contributed by atoms with Crippen molar-refractivity contribution >= 4 is 54.5 Å². The number of rotatable bonds is 9. The third-order valence-corrected chi connectivity index (χ3v) is 8.48. The van der Waals surface area contributed by atoms with Gasteiger partial charge in [-0.1, -0.05) is 47.1 Å². The molecule has 4 rings (SSSR count). The molecule has 4 aromatic rings. The quantitative estimate of drug-likeness (QED) is 0.191. The third-order valence-electron chi connectivity index (χ3n) is 6.59. The van der Waals surface area contributed by atoms with Crippen molar-refractivity contribution in [2.24, 2.45) is 5.41 Å². The second-order valence-corrected chi connectivity index (χ2v) is 11.7. The van der Waals surface area contributed by atoms with Gasteiger partial charge in [-0.3, -0.25) is 4.79 Å². The number of benzene rings is 2. The fourth-order valence-corrected chi connectivity index (χ4v) is 6.33. The second kappa shape index (κ2) is 11.0. The van der Waals surface area contributed by atoms with E-state index in [1.807, 2.05) is 62.7 Å². The highest BCUT2D eigenvalue weighted by atomic mass is 35.5. The lowest BCUT2D eigenvalue weighted by molar-refractivity contribution is -0.151. The summed E-state index contributed by atoms with van der Waals surface area (Å²) in [6.07, 6.45) is 0. The van der Waals surface area contributed by atoms with Gasteiger partial charge in [0.15, 0.2) is 0 Å². The maximum absolute atomic E-state index is 13.0. The first-order valence-corrected chi connectivity index (χ1v) is 13.6. The monoisotopic (exact) mass is 543 g/mol. The molecular weight excluding hydrogens is 513 g/mol. The molecule has 2 heterocycles. The molecule has 0 aliphatic rings. The van der Waals surface area contributed by atoms with Crippen molar-refractivity contribution in [1.82, 2.24) is 15.0 Å². The molecule has 0 aliphatic heterocycles. The van der Waals surface area contributed by atoms with Crippen molar-refractivity contribution in [3.63, 3.8) is 0 Å². The number of aromatic nitrogens is 3. The van der Waals surface area contributed by atoms with Crippen LogP contribution in [0.15, 0.2) is 42.5 Å². The van der Waals surface area contributed by atoms with E-state index in [9.17, 15) is 4.79 Å². The van der Waals surface area contributed by atoms with Gasteiger partial charge in [-0.05, 0) is 61.8 Å². The van der Waals surface area contributed by atoms with Crippen molar-refractivity contribution in [2.75, 3.05) is 7.11 Å². The largest absolute Gasteiger partial charge is 0.469 e. The number of carbonyl (C=O) groups excluding carboxylic acids is 1. The van der Waals surface area contributed by atoms with E-state index >= 15 is 0 Å². The molecular formula is C27H31ClN3O3PS. The van der Waals surface area contributed by atoms with E-state index in [1.54, 1.807) is 0 Å². The Morgan fingerprint density at radius 3 is 2.58 bits per heavy atom. The number of ether oxygens (including phenoxy) is 2. The summed E-state index contributed by atoms with van der Waals surface area (Å²) < 4.78 is 13.7. The van der Waals surface area contributed by atoms with Gasteiger partial charge < -0.3 is 9.47 Å². The lowest BCUT2D eigenvalue weighted by atomic mass is 9.72. The standard InChI is InChI=1S/C27H31ClN3O3PS/c1-6-31-21-12-11-20(16(2)24(21)29-30-31)23(27(3,4)26(32)33-5)22-13-18(25(28)36-22)15-34-14-17-7-9-19(35)10-8-17/h7-13,23H,6,14-15,35H2,1-5H3/t23-/m1/s1. The van der Waals surface area contributed by atoms with E-state index < -0.39 is 5.41 Å². The van der Waals surface area contributed by atoms with E-state index in [0.29, 0.717) is 17.6 Å². The molecule has 0 amide bonds. The first-order valence-electron chi connectivity index (χ1n) is 11.8. The molecule has 0 saturated carbocycles. The summed E-state index contributed by atoms with van der Waals surface area (Å²) >= 11 is 8.17. The number of methoxy groups -OCH3 is 1. The number of nitrogens with zero attached hydrogens (tertiary/aromatic N) is 3. The SMILES string of the molecule is CCn1nnc2c(C)c([C@H](c3cc(COCc4ccc(P)cc4)c(Cl)s3)C(C)(C)C(=O)OC)ccc21. The first-order chi connectivity index (χ1) is 17.2. The average molecular weight is 544 g/mol. The van der Waals surface area contributed by atoms with E-state index in [0.717, 1.165) is 50.0 Å². The first kappa shape index (κ1) is 26.7. The number of halogens is 1. The fraction of sp³-hybridized carbons (Fsp3) is 0.370. The summed E-state index contributed by atoms with van der Waals surface area (Å²) in [4.78, 5) is 14.0. The van der Waals surface area contributed by atoms with Gasteiger partial charge in [-0.2, -0.15) is 0 Å². The van der Waals surface area contributed by atoms with Crippen LogP contribution in [0.1, 0.15) is 53.8 Å². The highest BCUT2D eigenvalue weighted by Gasteiger charge is 2.42. The molecule has 1 unspecified atom stereocenters. The molecule has 190 valence electrons. The van der Waals surface area contributed by atoms with Crippen molar-refractivity contribution in [3.8, 4) is 0 Å². The topological polar surface area (TPSA) is 66.2 Å². The summed E-state index contributed by atoms with van der Waals surface area (Å²) in [6.45, 7) is 9.50. The molecule has 0 bridgehead atoms.